The molecule has 1 aliphatic rings. The van der Waals surface area contributed by atoms with Crippen LogP contribution < -0.4 is 4.74 Å². The number of alkyl halides is 2. The van der Waals surface area contributed by atoms with Crippen LogP contribution in [0, 0.1) is 5.92 Å². The lowest BCUT2D eigenvalue weighted by Crippen LogP contribution is -2.14. The van der Waals surface area contributed by atoms with Gasteiger partial charge in [0.1, 0.15) is 0 Å². The lowest BCUT2D eigenvalue weighted by molar-refractivity contribution is 0.0558. The highest BCUT2D eigenvalue weighted by atomic mass is 79.9. The molecule has 0 radical (unpaired) electrons. The van der Waals surface area contributed by atoms with Crippen molar-refractivity contribution in [1.29, 1.82) is 0 Å². The smallest absolute Gasteiger partial charge is 0.399 e. The maximum atomic E-state index is 14.0. The molecule has 3 rings (SSSR count). The third-order valence-electron chi connectivity index (χ3n) is 3.95. The molecule has 0 spiro atoms. The SMILES string of the molecule is O=P(O)(O)C(F)(F)c1cc2cc(OCCC3CC3)ncc2cc1Br. The van der Waals surface area contributed by atoms with Crippen molar-refractivity contribution in [1.82, 2.24) is 4.98 Å². The predicted molar refractivity (Wildman–Crippen MR) is 88.2 cm³/mol. The van der Waals surface area contributed by atoms with Crippen molar-refractivity contribution in [3.63, 3.8) is 0 Å². The van der Waals surface area contributed by atoms with Crippen LogP contribution in [0.25, 0.3) is 10.8 Å². The van der Waals surface area contributed by atoms with Crippen LogP contribution in [-0.2, 0) is 10.2 Å². The average molecular weight is 422 g/mol. The predicted octanol–water partition coefficient (Wildman–Crippen LogP) is 4.40. The van der Waals surface area contributed by atoms with Crippen molar-refractivity contribution in [3.8, 4) is 5.88 Å². The summed E-state index contributed by atoms with van der Waals surface area (Å²) in [6.07, 6.45) is 4.83. The van der Waals surface area contributed by atoms with Gasteiger partial charge in [0.05, 0.1) is 6.61 Å². The number of hydrogen-bond acceptors (Lipinski definition) is 3. The second kappa shape index (κ2) is 6.33. The molecule has 0 unspecified atom stereocenters. The van der Waals surface area contributed by atoms with Gasteiger partial charge in [-0.3, -0.25) is 4.57 Å². The molecule has 9 heteroatoms. The molecule has 1 aromatic carbocycles. The number of hydrogen-bond donors (Lipinski definition) is 2. The molecule has 130 valence electrons. The number of nitrogens with zero attached hydrogens (tertiary/aromatic N) is 1. The van der Waals surface area contributed by atoms with E-state index in [4.69, 9.17) is 14.5 Å². The number of aromatic nitrogens is 1. The molecule has 1 aliphatic carbocycles. The molecule has 0 atom stereocenters. The fourth-order valence-corrected chi connectivity index (χ4v) is 3.61. The fraction of sp³-hybridized carbons (Fsp3) is 0.400. The number of fused-ring (bicyclic) bond motifs is 1. The highest BCUT2D eigenvalue weighted by Gasteiger charge is 2.51. The highest BCUT2D eigenvalue weighted by Crippen LogP contribution is 2.60. The molecule has 0 aliphatic heterocycles. The van der Waals surface area contributed by atoms with Crippen LogP contribution in [0.4, 0.5) is 8.78 Å². The fourth-order valence-electron chi connectivity index (χ4n) is 2.35. The minimum absolute atomic E-state index is 0.0903. The van der Waals surface area contributed by atoms with E-state index in [9.17, 15) is 13.3 Å². The van der Waals surface area contributed by atoms with E-state index in [1.807, 2.05) is 0 Å². The number of ether oxygens (including phenoxy) is 1. The molecular formula is C15H15BrF2NO4P. The van der Waals surface area contributed by atoms with Crippen LogP contribution in [0.1, 0.15) is 24.8 Å². The first-order valence-corrected chi connectivity index (χ1v) is 9.75. The summed E-state index contributed by atoms with van der Waals surface area (Å²) in [5.41, 5.74) is -5.05. The lowest BCUT2D eigenvalue weighted by Gasteiger charge is -2.20. The molecule has 1 aromatic heterocycles. The van der Waals surface area contributed by atoms with Crippen molar-refractivity contribution < 1.29 is 27.9 Å². The quantitative estimate of drug-likeness (QED) is 0.675. The van der Waals surface area contributed by atoms with E-state index in [2.05, 4.69) is 20.9 Å². The Morgan fingerprint density at radius 2 is 2.00 bits per heavy atom. The van der Waals surface area contributed by atoms with Crippen LogP contribution in [0.3, 0.4) is 0 Å². The van der Waals surface area contributed by atoms with E-state index in [0.29, 0.717) is 29.2 Å². The monoisotopic (exact) mass is 421 g/mol. The third-order valence-corrected chi connectivity index (χ3v) is 5.57. The number of pyridine rings is 1. The van der Waals surface area contributed by atoms with Gasteiger partial charge in [-0.15, -0.1) is 0 Å². The largest absolute Gasteiger partial charge is 0.478 e. The topological polar surface area (TPSA) is 79.7 Å². The van der Waals surface area contributed by atoms with Gasteiger partial charge in [-0.05, 0) is 29.9 Å². The van der Waals surface area contributed by atoms with E-state index in [0.717, 1.165) is 12.5 Å². The summed E-state index contributed by atoms with van der Waals surface area (Å²) in [5.74, 6) is 1.01. The van der Waals surface area contributed by atoms with Crippen molar-refractivity contribution >= 4 is 34.3 Å². The standard InChI is InChI=1S/C15H15BrF2NO4P/c16-13-6-11-8-19-14(23-4-3-9-1-2-9)7-10(11)5-12(13)15(17,18)24(20,21)22/h5-9H,1-4H2,(H2,20,21,22). The summed E-state index contributed by atoms with van der Waals surface area (Å²) >= 11 is 2.95. The summed E-state index contributed by atoms with van der Waals surface area (Å²) in [6, 6.07) is 3.90. The minimum Gasteiger partial charge on any atom is -0.478 e. The van der Waals surface area contributed by atoms with Gasteiger partial charge >= 0.3 is 13.3 Å². The van der Waals surface area contributed by atoms with E-state index >= 15 is 0 Å². The molecule has 5 nitrogen and oxygen atoms in total. The Kier molecular flexibility index (Phi) is 4.68. The zero-order chi connectivity index (χ0) is 17.5. The van der Waals surface area contributed by atoms with Gasteiger partial charge in [-0.2, -0.15) is 8.78 Å². The van der Waals surface area contributed by atoms with Crippen molar-refractivity contribution in [2.24, 2.45) is 5.92 Å². The molecular weight excluding hydrogens is 407 g/mol. The van der Waals surface area contributed by atoms with Crippen molar-refractivity contribution in [2.45, 2.75) is 24.9 Å². The van der Waals surface area contributed by atoms with E-state index in [-0.39, 0.29) is 4.47 Å². The second-order valence-electron chi connectivity index (χ2n) is 5.87. The molecule has 24 heavy (non-hydrogen) atoms. The van der Waals surface area contributed by atoms with Gasteiger partial charge in [-0.25, -0.2) is 4.98 Å². The lowest BCUT2D eigenvalue weighted by atomic mass is 10.1. The first-order chi connectivity index (χ1) is 11.2. The van der Waals surface area contributed by atoms with Gasteiger partial charge in [0.15, 0.2) is 0 Å². The Hall–Kier alpha value is -1.08. The van der Waals surface area contributed by atoms with Crippen molar-refractivity contribution in [3.05, 3.63) is 34.4 Å². The number of rotatable bonds is 6. The van der Waals surface area contributed by atoms with Gasteiger partial charge in [0.25, 0.3) is 0 Å². The number of benzene rings is 1. The first kappa shape index (κ1) is 17.7. The highest BCUT2D eigenvalue weighted by molar-refractivity contribution is 9.10. The Balaban J connectivity index is 1.93. The summed E-state index contributed by atoms with van der Waals surface area (Å²) < 4.78 is 44.6. The summed E-state index contributed by atoms with van der Waals surface area (Å²) in [5, 5.41) is 0.930. The van der Waals surface area contributed by atoms with Gasteiger partial charge in [0, 0.05) is 27.7 Å². The Labute approximate surface area is 145 Å². The van der Waals surface area contributed by atoms with Crippen LogP contribution >= 0.6 is 23.5 Å². The normalized spacial score (nSPS) is 15.7. The van der Waals surface area contributed by atoms with Crippen LogP contribution in [0.2, 0.25) is 0 Å². The summed E-state index contributed by atoms with van der Waals surface area (Å²) in [7, 11) is -5.64. The zero-order valence-corrected chi connectivity index (χ0v) is 14.9. The second-order valence-corrected chi connectivity index (χ2v) is 8.37. The molecule has 0 saturated heterocycles. The van der Waals surface area contributed by atoms with Crippen molar-refractivity contribution in [2.75, 3.05) is 6.61 Å². The maximum Gasteiger partial charge on any atom is 0.399 e. The summed E-state index contributed by atoms with van der Waals surface area (Å²) in [6.45, 7) is 0.505. The molecule has 1 fully saturated rings. The molecule has 1 heterocycles. The van der Waals surface area contributed by atoms with E-state index < -0.39 is 18.8 Å². The van der Waals surface area contributed by atoms with Gasteiger partial charge < -0.3 is 14.5 Å². The maximum absolute atomic E-state index is 14.0. The van der Waals surface area contributed by atoms with Gasteiger partial charge in [-0.1, -0.05) is 28.8 Å². The van der Waals surface area contributed by atoms with E-state index in [1.54, 1.807) is 0 Å². The number of halogens is 3. The third kappa shape index (κ3) is 3.61. The minimum atomic E-state index is -5.64. The van der Waals surface area contributed by atoms with Crippen LogP contribution in [0.5, 0.6) is 5.88 Å². The average Bonchev–Trinajstić information content (AvgIpc) is 3.29. The summed E-state index contributed by atoms with van der Waals surface area (Å²) in [4.78, 5) is 22.0. The first-order valence-electron chi connectivity index (χ1n) is 7.34. The molecule has 1 saturated carbocycles. The van der Waals surface area contributed by atoms with Crippen LogP contribution in [0.15, 0.2) is 28.9 Å². The molecule has 2 N–H and O–H groups in total. The molecule has 2 aromatic rings. The van der Waals surface area contributed by atoms with Gasteiger partial charge in [0.2, 0.25) is 5.88 Å². The Bertz CT molecular complexity index is 822. The Morgan fingerprint density at radius 3 is 2.62 bits per heavy atom. The molecule has 0 amide bonds. The van der Waals surface area contributed by atoms with E-state index in [1.165, 1.54) is 31.2 Å². The molecule has 0 bridgehead atoms. The van der Waals surface area contributed by atoms with Crippen LogP contribution in [-0.4, -0.2) is 21.4 Å². The zero-order valence-electron chi connectivity index (χ0n) is 12.5. The Morgan fingerprint density at radius 1 is 1.29 bits per heavy atom.